The number of benzene rings is 3. The van der Waals surface area contributed by atoms with Crippen molar-refractivity contribution in [3.8, 4) is 0 Å². The van der Waals surface area contributed by atoms with Gasteiger partial charge in [0.25, 0.3) is 5.91 Å². The molecule has 0 bridgehead atoms. The van der Waals surface area contributed by atoms with Crippen LogP contribution in [0.2, 0.25) is 5.02 Å². The summed E-state index contributed by atoms with van der Waals surface area (Å²) in [6.45, 7) is 1.84. The first-order valence-electron chi connectivity index (χ1n) is 10.1. The molecule has 2 atom stereocenters. The highest BCUT2D eigenvalue weighted by molar-refractivity contribution is 6.30. The van der Waals surface area contributed by atoms with Crippen LogP contribution in [0.5, 0.6) is 0 Å². The van der Waals surface area contributed by atoms with Gasteiger partial charge in [0.05, 0.1) is 5.71 Å². The van der Waals surface area contributed by atoms with Crippen molar-refractivity contribution in [2.24, 2.45) is 11.0 Å². The fraction of sp³-hybridized carbons (Fsp3) is 0.160. The van der Waals surface area contributed by atoms with Crippen LogP contribution in [0.3, 0.4) is 0 Å². The van der Waals surface area contributed by atoms with Gasteiger partial charge in [-0.1, -0.05) is 54.1 Å². The van der Waals surface area contributed by atoms with E-state index in [2.05, 4.69) is 28.0 Å². The molecule has 0 saturated heterocycles. The molecule has 0 aliphatic heterocycles. The predicted molar refractivity (Wildman–Crippen MR) is 123 cm³/mol. The lowest BCUT2D eigenvalue weighted by atomic mass is 10.1. The third kappa shape index (κ3) is 5.19. The molecule has 1 saturated carbocycles. The summed E-state index contributed by atoms with van der Waals surface area (Å²) in [4.78, 5) is 24.7. The molecule has 0 heterocycles. The van der Waals surface area contributed by atoms with Crippen LogP contribution in [0.25, 0.3) is 0 Å². The van der Waals surface area contributed by atoms with Crippen LogP contribution in [-0.4, -0.2) is 17.5 Å². The van der Waals surface area contributed by atoms with Crippen molar-refractivity contribution >= 4 is 34.8 Å². The van der Waals surface area contributed by atoms with Crippen LogP contribution in [0.15, 0.2) is 84.0 Å². The Morgan fingerprint density at radius 1 is 0.903 bits per heavy atom. The zero-order chi connectivity index (χ0) is 21.8. The van der Waals surface area contributed by atoms with Crippen molar-refractivity contribution in [1.29, 1.82) is 0 Å². The van der Waals surface area contributed by atoms with E-state index in [0.29, 0.717) is 22.0 Å². The molecule has 1 aliphatic carbocycles. The van der Waals surface area contributed by atoms with Crippen LogP contribution < -0.4 is 10.7 Å². The minimum absolute atomic E-state index is 0.0237. The second kappa shape index (κ2) is 9.14. The molecule has 0 unspecified atom stereocenters. The number of anilines is 1. The molecule has 2 amide bonds. The molecule has 31 heavy (non-hydrogen) atoms. The van der Waals surface area contributed by atoms with Crippen LogP contribution in [0.4, 0.5) is 5.69 Å². The average Bonchev–Trinajstić information content (AvgIpc) is 3.60. The third-order valence-electron chi connectivity index (χ3n) is 5.36. The molecule has 0 spiro atoms. The molecular formula is C25H22ClN3O2. The normalized spacial score (nSPS) is 17.7. The zero-order valence-corrected chi connectivity index (χ0v) is 17.8. The Kier molecular flexibility index (Phi) is 6.14. The molecule has 6 heteroatoms. The van der Waals surface area contributed by atoms with E-state index in [4.69, 9.17) is 11.6 Å². The van der Waals surface area contributed by atoms with Gasteiger partial charge in [0.1, 0.15) is 0 Å². The van der Waals surface area contributed by atoms with E-state index in [1.807, 2.05) is 37.3 Å². The fourth-order valence-corrected chi connectivity index (χ4v) is 3.57. The van der Waals surface area contributed by atoms with Crippen molar-refractivity contribution < 1.29 is 9.59 Å². The Morgan fingerprint density at radius 2 is 1.55 bits per heavy atom. The van der Waals surface area contributed by atoms with Gasteiger partial charge in [0.15, 0.2) is 0 Å². The summed E-state index contributed by atoms with van der Waals surface area (Å²) in [5, 5.41) is 7.68. The van der Waals surface area contributed by atoms with E-state index in [-0.39, 0.29) is 23.7 Å². The molecule has 3 aromatic rings. The van der Waals surface area contributed by atoms with Crippen LogP contribution in [0, 0.1) is 5.92 Å². The largest absolute Gasteiger partial charge is 0.322 e. The van der Waals surface area contributed by atoms with E-state index < -0.39 is 0 Å². The van der Waals surface area contributed by atoms with Crippen LogP contribution in [0.1, 0.15) is 40.7 Å². The molecule has 0 radical (unpaired) electrons. The minimum Gasteiger partial charge on any atom is -0.322 e. The number of hydrogen-bond acceptors (Lipinski definition) is 3. The molecule has 156 valence electrons. The van der Waals surface area contributed by atoms with Gasteiger partial charge >= 0.3 is 0 Å². The number of nitrogens with one attached hydrogen (secondary N) is 2. The lowest BCUT2D eigenvalue weighted by Gasteiger charge is -2.07. The second-order valence-electron chi connectivity index (χ2n) is 7.57. The topological polar surface area (TPSA) is 70.6 Å². The first-order valence-corrected chi connectivity index (χ1v) is 10.5. The quantitative estimate of drug-likeness (QED) is 0.414. The van der Waals surface area contributed by atoms with E-state index in [1.54, 1.807) is 36.4 Å². The standard InChI is InChI=1S/C25H22ClN3O2/c1-16(28-29-25(31)23-15-22(23)18-5-3-2-4-6-18)17-9-13-21(14-10-17)27-24(30)19-7-11-20(26)12-8-19/h2-14,22-23H,15H2,1H3,(H,27,30)(H,29,31)/b28-16-/t22-,23-/m1/s1. The summed E-state index contributed by atoms with van der Waals surface area (Å²) < 4.78 is 0. The lowest BCUT2D eigenvalue weighted by Crippen LogP contribution is -2.21. The van der Waals surface area contributed by atoms with Crippen molar-refractivity contribution in [2.45, 2.75) is 19.3 Å². The summed E-state index contributed by atoms with van der Waals surface area (Å²) in [6, 6.07) is 24.1. The highest BCUT2D eigenvalue weighted by Gasteiger charge is 2.43. The number of hydrazone groups is 1. The summed E-state index contributed by atoms with van der Waals surface area (Å²) in [5.41, 5.74) is 6.64. The molecule has 1 aliphatic rings. The van der Waals surface area contributed by atoms with Crippen molar-refractivity contribution in [3.63, 3.8) is 0 Å². The Hall–Kier alpha value is -3.44. The van der Waals surface area contributed by atoms with Gasteiger partial charge in [-0.15, -0.1) is 0 Å². The lowest BCUT2D eigenvalue weighted by molar-refractivity contribution is -0.122. The number of halogens is 1. The first-order chi connectivity index (χ1) is 15.0. The monoisotopic (exact) mass is 431 g/mol. The van der Waals surface area contributed by atoms with Gasteiger partial charge in [-0.25, -0.2) is 5.43 Å². The number of rotatable bonds is 6. The Morgan fingerprint density at radius 3 is 2.23 bits per heavy atom. The number of carbonyl (C=O) groups is 2. The van der Waals surface area contributed by atoms with Gasteiger partial charge in [-0.05, 0) is 66.8 Å². The summed E-state index contributed by atoms with van der Waals surface area (Å²) >= 11 is 5.86. The van der Waals surface area contributed by atoms with Gasteiger partial charge in [0, 0.05) is 22.2 Å². The Bertz CT molecular complexity index is 1110. The van der Waals surface area contributed by atoms with Crippen LogP contribution in [-0.2, 0) is 4.79 Å². The SMILES string of the molecule is C/C(=N/NC(=O)[C@@H]1C[C@@H]1c1ccccc1)c1ccc(NC(=O)c2ccc(Cl)cc2)cc1. The molecule has 4 rings (SSSR count). The van der Waals surface area contributed by atoms with Gasteiger partial charge in [-0.2, -0.15) is 5.10 Å². The number of amides is 2. The first kappa shape index (κ1) is 20.8. The summed E-state index contributed by atoms with van der Waals surface area (Å²) in [6.07, 6.45) is 0.854. The molecule has 2 N–H and O–H groups in total. The number of carbonyl (C=O) groups excluding carboxylic acids is 2. The second-order valence-corrected chi connectivity index (χ2v) is 8.01. The maximum absolute atomic E-state index is 12.4. The molecule has 5 nitrogen and oxygen atoms in total. The van der Waals surface area contributed by atoms with E-state index in [1.165, 1.54) is 5.56 Å². The third-order valence-corrected chi connectivity index (χ3v) is 5.61. The van der Waals surface area contributed by atoms with Gasteiger partial charge in [-0.3, -0.25) is 9.59 Å². The zero-order valence-electron chi connectivity index (χ0n) is 17.0. The van der Waals surface area contributed by atoms with E-state index in [0.717, 1.165) is 12.0 Å². The fourth-order valence-electron chi connectivity index (χ4n) is 3.44. The predicted octanol–water partition coefficient (Wildman–Crippen LogP) is 5.24. The minimum atomic E-state index is -0.209. The number of nitrogens with zero attached hydrogens (tertiary/aromatic N) is 1. The summed E-state index contributed by atoms with van der Waals surface area (Å²) in [5.74, 6) is -0.0100. The molecule has 0 aromatic heterocycles. The number of hydrogen-bond donors (Lipinski definition) is 2. The van der Waals surface area contributed by atoms with E-state index in [9.17, 15) is 9.59 Å². The van der Waals surface area contributed by atoms with Gasteiger partial charge in [0.2, 0.25) is 5.91 Å². The van der Waals surface area contributed by atoms with Crippen molar-refractivity contribution in [1.82, 2.24) is 5.43 Å². The smallest absolute Gasteiger partial charge is 0.255 e. The molecule has 3 aromatic carbocycles. The Labute approximate surface area is 186 Å². The maximum Gasteiger partial charge on any atom is 0.255 e. The van der Waals surface area contributed by atoms with Crippen LogP contribution >= 0.6 is 11.6 Å². The van der Waals surface area contributed by atoms with Gasteiger partial charge < -0.3 is 5.32 Å². The van der Waals surface area contributed by atoms with E-state index >= 15 is 0 Å². The highest BCUT2D eigenvalue weighted by Crippen LogP contribution is 2.47. The highest BCUT2D eigenvalue weighted by atomic mass is 35.5. The molecule has 1 fully saturated rings. The summed E-state index contributed by atoms with van der Waals surface area (Å²) in [7, 11) is 0. The average molecular weight is 432 g/mol. The van der Waals surface area contributed by atoms with Crippen molar-refractivity contribution in [2.75, 3.05) is 5.32 Å². The Balaban J connectivity index is 1.32. The maximum atomic E-state index is 12.4. The van der Waals surface area contributed by atoms with Crippen molar-refractivity contribution in [3.05, 3.63) is 101 Å². The molecular weight excluding hydrogens is 410 g/mol.